The highest BCUT2D eigenvalue weighted by Gasteiger charge is 2.49. The van der Waals surface area contributed by atoms with Crippen LogP contribution in [-0.2, 0) is 24.8 Å². The van der Waals surface area contributed by atoms with Crippen LogP contribution in [0.1, 0.15) is 95.7 Å². The molecular formula is C37H54N6O. The highest BCUT2D eigenvalue weighted by atomic mass is 16.5. The van der Waals surface area contributed by atoms with Crippen LogP contribution >= 0.6 is 0 Å². The third kappa shape index (κ3) is 5.45. The van der Waals surface area contributed by atoms with E-state index in [1.54, 1.807) is 0 Å². The fourth-order valence-electron chi connectivity index (χ4n) is 10.6. The number of piperidine rings is 2. The van der Waals surface area contributed by atoms with E-state index in [0.717, 1.165) is 73.8 Å². The van der Waals surface area contributed by atoms with E-state index in [1.165, 1.54) is 75.5 Å². The number of fused-ring (bicyclic) bond motifs is 5. The number of morpholine rings is 1. The zero-order chi connectivity index (χ0) is 29.8. The fraction of sp³-hybridized carbons (Fsp3) is 0.730. The van der Waals surface area contributed by atoms with Gasteiger partial charge < -0.3 is 13.9 Å². The number of para-hydroxylation sites is 2. The number of rotatable bonds is 6. The lowest BCUT2D eigenvalue weighted by atomic mass is 9.68. The van der Waals surface area contributed by atoms with Crippen LogP contribution in [0, 0.1) is 23.7 Å². The maximum absolute atomic E-state index is 6.09. The molecule has 8 rings (SSSR count). The Morgan fingerprint density at radius 3 is 2.34 bits per heavy atom. The third-order valence-electron chi connectivity index (χ3n) is 12.7. The summed E-state index contributed by atoms with van der Waals surface area (Å²) in [5.41, 5.74) is 2.48. The van der Waals surface area contributed by atoms with Gasteiger partial charge in [-0.1, -0.05) is 51.7 Å². The molecule has 2 saturated carbocycles. The van der Waals surface area contributed by atoms with E-state index in [4.69, 9.17) is 9.72 Å². The summed E-state index contributed by atoms with van der Waals surface area (Å²) < 4.78 is 11.0. The van der Waals surface area contributed by atoms with Crippen molar-refractivity contribution in [1.82, 2.24) is 28.9 Å². The van der Waals surface area contributed by atoms with Crippen LogP contribution < -0.4 is 0 Å². The smallest absolute Gasteiger partial charge is 0.122 e. The van der Waals surface area contributed by atoms with Crippen LogP contribution in [0.25, 0.3) is 11.0 Å². The molecule has 5 aliphatic rings. The second-order valence-corrected chi connectivity index (χ2v) is 15.5. The molecule has 0 N–H and O–H groups in total. The molecule has 7 heteroatoms. The normalized spacial score (nSPS) is 36.8. The molecule has 2 aromatic heterocycles. The predicted octanol–water partition coefficient (Wildman–Crippen LogP) is 6.62. The minimum absolute atomic E-state index is 0.305. The van der Waals surface area contributed by atoms with E-state index in [-0.39, 0.29) is 0 Å². The zero-order valence-electron chi connectivity index (χ0n) is 27.4. The largest absolute Gasteiger partial charge is 0.378 e. The molecule has 7 nitrogen and oxygen atoms in total. The maximum atomic E-state index is 6.09. The Morgan fingerprint density at radius 1 is 0.864 bits per heavy atom. The van der Waals surface area contributed by atoms with Crippen LogP contribution in [0.15, 0.2) is 36.7 Å². The molecule has 0 radical (unpaired) electrons. The molecule has 0 unspecified atom stereocenters. The van der Waals surface area contributed by atoms with Crippen LogP contribution in [0.3, 0.4) is 0 Å². The number of imidazole rings is 2. The Morgan fingerprint density at radius 2 is 1.61 bits per heavy atom. The van der Waals surface area contributed by atoms with E-state index < -0.39 is 0 Å². The van der Waals surface area contributed by atoms with Gasteiger partial charge in [0.05, 0.1) is 30.8 Å². The molecular weight excluding hydrogens is 544 g/mol. The van der Waals surface area contributed by atoms with Gasteiger partial charge in [-0.15, -0.1) is 0 Å². The molecule has 9 atom stereocenters. The van der Waals surface area contributed by atoms with Crippen LogP contribution in [-0.4, -0.2) is 72.8 Å². The van der Waals surface area contributed by atoms with Crippen molar-refractivity contribution < 1.29 is 4.74 Å². The molecule has 3 aromatic rings. The van der Waals surface area contributed by atoms with Gasteiger partial charge in [-0.2, -0.15) is 0 Å². The van der Waals surface area contributed by atoms with E-state index >= 15 is 0 Å². The third-order valence-corrected chi connectivity index (χ3v) is 12.7. The zero-order valence-corrected chi connectivity index (χ0v) is 27.4. The quantitative estimate of drug-likeness (QED) is 0.319. The highest BCUT2D eigenvalue weighted by molar-refractivity contribution is 5.76. The van der Waals surface area contributed by atoms with Gasteiger partial charge >= 0.3 is 0 Å². The van der Waals surface area contributed by atoms with Crippen molar-refractivity contribution in [3.05, 3.63) is 48.3 Å². The standard InChI is InChI=1S/C37H54N6O/c1-25-16-26(2)35-21-30(20-34(25)42(35)29-18-27-8-4-5-9-28(17-27)19-29)43-33-11-7-6-10-32(33)39-36(43)22-31-24-44-15-14-41(31)23-37-38-12-13-40(37)3/h6-7,10-13,25-31,34-35H,4-5,8-9,14-24H2,1-3H3/t25-,26+,27-,28+,29-,30+,31-,34+,35-/m1/s1. The molecule has 1 aromatic carbocycles. The molecule has 4 bridgehead atoms. The number of nitrogens with zero attached hydrogens (tertiary/aromatic N) is 6. The Labute approximate surface area is 264 Å². The Hall–Kier alpha value is -2.22. The van der Waals surface area contributed by atoms with Crippen molar-refractivity contribution in [2.45, 2.75) is 121 Å². The van der Waals surface area contributed by atoms with Crippen molar-refractivity contribution >= 4 is 11.0 Å². The summed E-state index contributed by atoms with van der Waals surface area (Å²) in [6.45, 7) is 8.50. The summed E-state index contributed by atoms with van der Waals surface area (Å²) in [6, 6.07) is 11.9. The van der Waals surface area contributed by atoms with Crippen molar-refractivity contribution in [3.63, 3.8) is 0 Å². The maximum Gasteiger partial charge on any atom is 0.122 e. The first-order valence-corrected chi connectivity index (χ1v) is 18.0. The topological polar surface area (TPSA) is 51.4 Å². The second kappa shape index (κ2) is 12.2. The minimum atomic E-state index is 0.305. The first kappa shape index (κ1) is 29.2. The van der Waals surface area contributed by atoms with E-state index in [1.807, 2.05) is 6.20 Å². The second-order valence-electron chi connectivity index (χ2n) is 15.5. The summed E-state index contributed by atoms with van der Waals surface area (Å²) in [5.74, 6) is 5.84. The highest BCUT2D eigenvalue weighted by Crippen LogP contribution is 2.50. The summed E-state index contributed by atoms with van der Waals surface area (Å²) in [5, 5.41) is 0. The van der Waals surface area contributed by atoms with Gasteiger partial charge in [-0.05, 0) is 74.3 Å². The first-order valence-electron chi connectivity index (χ1n) is 18.0. The van der Waals surface area contributed by atoms with Crippen molar-refractivity contribution in [2.24, 2.45) is 30.7 Å². The van der Waals surface area contributed by atoms with Gasteiger partial charge in [-0.3, -0.25) is 9.80 Å². The van der Waals surface area contributed by atoms with Gasteiger partial charge in [0.25, 0.3) is 0 Å². The van der Waals surface area contributed by atoms with Crippen LogP contribution in [0.5, 0.6) is 0 Å². The molecule has 5 heterocycles. The van der Waals surface area contributed by atoms with E-state index in [0.29, 0.717) is 24.2 Å². The van der Waals surface area contributed by atoms with Gasteiger partial charge in [0.1, 0.15) is 11.6 Å². The average Bonchev–Trinajstić information content (AvgIpc) is 3.55. The summed E-state index contributed by atoms with van der Waals surface area (Å²) in [6.07, 6.45) is 19.1. The number of ether oxygens (including phenoxy) is 1. The summed E-state index contributed by atoms with van der Waals surface area (Å²) in [4.78, 5) is 15.7. The Balaban J connectivity index is 1.10. The van der Waals surface area contributed by atoms with E-state index in [2.05, 4.69) is 75.3 Å². The van der Waals surface area contributed by atoms with Crippen molar-refractivity contribution in [1.29, 1.82) is 0 Å². The lowest BCUT2D eigenvalue weighted by Crippen LogP contribution is -2.62. The molecule has 3 aliphatic heterocycles. The van der Waals surface area contributed by atoms with E-state index in [9.17, 15) is 0 Å². The number of benzene rings is 1. The molecule has 0 amide bonds. The van der Waals surface area contributed by atoms with Crippen LogP contribution in [0.2, 0.25) is 0 Å². The lowest BCUT2D eigenvalue weighted by Gasteiger charge is -2.58. The van der Waals surface area contributed by atoms with Gasteiger partial charge in [0, 0.05) is 62.6 Å². The van der Waals surface area contributed by atoms with Crippen LogP contribution in [0.4, 0.5) is 0 Å². The molecule has 5 fully saturated rings. The minimum Gasteiger partial charge on any atom is -0.378 e. The average molecular weight is 599 g/mol. The van der Waals surface area contributed by atoms with Crippen molar-refractivity contribution in [3.8, 4) is 0 Å². The van der Waals surface area contributed by atoms with Gasteiger partial charge in [-0.25, -0.2) is 9.97 Å². The summed E-state index contributed by atoms with van der Waals surface area (Å²) in [7, 11) is 2.10. The monoisotopic (exact) mass is 598 g/mol. The first-order chi connectivity index (χ1) is 21.5. The van der Waals surface area contributed by atoms with Gasteiger partial charge in [0.2, 0.25) is 0 Å². The number of aryl methyl sites for hydroxylation is 1. The Kier molecular flexibility index (Phi) is 8.08. The predicted molar refractivity (Wildman–Crippen MR) is 175 cm³/mol. The fourth-order valence-corrected chi connectivity index (χ4v) is 10.6. The Bertz CT molecular complexity index is 1400. The molecule has 44 heavy (non-hydrogen) atoms. The van der Waals surface area contributed by atoms with Crippen molar-refractivity contribution in [2.75, 3.05) is 19.8 Å². The molecule has 2 aliphatic carbocycles. The molecule has 3 saturated heterocycles. The lowest BCUT2D eigenvalue weighted by molar-refractivity contribution is -0.0870. The summed E-state index contributed by atoms with van der Waals surface area (Å²) >= 11 is 0. The SMILES string of the molecule is C[C@@H]1C[C@H](C)[C@H]2C[C@@H](n3c(C[C@@H]4COCCN4Cc4nccn4C)nc4ccccc43)C[C@@H]1N2[C@@H]1C[C@@H]2CCCC[C@@H](C2)C1. The van der Waals surface area contributed by atoms with Gasteiger partial charge in [0.15, 0.2) is 0 Å². The molecule has 0 spiro atoms. The number of aromatic nitrogens is 4. The number of hydrogen-bond acceptors (Lipinski definition) is 5. The molecule has 238 valence electrons. The number of hydrogen-bond donors (Lipinski definition) is 0.